The van der Waals surface area contributed by atoms with E-state index >= 15 is 0 Å². The van der Waals surface area contributed by atoms with Gasteiger partial charge in [0.15, 0.2) is 6.10 Å². The van der Waals surface area contributed by atoms with Gasteiger partial charge in [-0.2, -0.15) is 0 Å². The Balaban J connectivity index is 1.43. The monoisotopic (exact) mass is 414 g/mol. The number of rotatable bonds is 7. The maximum atomic E-state index is 12.6. The Morgan fingerprint density at radius 1 is 0.935 bits per heavy atom. The minimum Gasteiger partial charge on any atom is -0.453 e. The normalized spacial score (nSPS) is 12.1. The summed E-state index contributed by atoms with van der Waals surface area (Å²) < 4.78 is 7.59. The number of benzene rings is 3. The molecule has 5 nitrogen and oxygen atoms in total. The van der Waals surface area contributed by atoms with Gasteiger partial charge in [0.2, 0.25) is 0 Å². The van der Waals surface area contributed by atoms with Crippen molar-refractivity contribution in [1.29, 1.82) is 0 Å². The summed E-state index contributed by atoms with van der Waals surface area (Å²) >= 11 is 0. The van der Waals surface area contributed by atoms with Gasteiger partial charge >= 0.3 is 5.97 Å². The molecule has 0 aliphatic rings. The van der Waals surface area contributed by atoms with Crippen molar-refractivity contribution in [1.82, 2.24) is 4.57 Å². The zero-order chi connectivity index (χ0) is 21.8. The number of anilines is 1. The number of carbonyl (C=O) groups is 2. The summed E-state index contributed by atoms with van der Waals surface area (Å²) in [6.07, 6.45) is -0.0352. The van der Waals surface area contributed by atoms with Crippen molar-refractivity contribution in [3.05, 3.63) is 78.4 Å². The predicted molar refractivity (Wildman–Crippen MR) is 124 cm³/mol. The number of fused-ring (bicyclic) bond motifs is 3. The lowest BCUT2D eigenvalue weighted by atomic mass is 10.1. The van der Waals surface area contributed by atoms with Crippen LogP contribution in [-0.4, -0.2) is 22.5 Å². The first-order valence-electron chi connectivity index (χ1n) is 10.6. The zero-order valence-corrected chi connectivity index (χ0v) is 17.8. The van der Waals surface area contributed by atoms with Gasteiger partial charge in [-0.3, -0.25) is 9.59 Å². The Morgan fingerprint density at radius 2 is 1.65 bits per heavy atom. The van der Waals surface area contributed by atoms with Crippen LogP contribution in [0, 0.1) is 0 Å². The molecule has 1 aromatic heterocycles. The summed E-state index contributed by atoms with van der Waals surface area (Å²) in [6.45, 7) is 4.58. The number of aromatic nitrogens is 1. The van der Waals surface area contributed by atoms with Gasteiger partial charge in [0.05, 0.1) is 0 Å². The van der Waals surface area contributed by atoms with Crippen LogP contribution in [0.25, 0.3) is 21.8 Å². The molecule has 0 saturated heterocycles. The fourth-order valence-corrected chi connectivity index (χ4v) is 3.92. The second-order valence-corrected chi connectivity index (χ2v) is 7.60. The van der Waals surface area contributed by atoms with Crippen LogP contribution in [0.1, 0.15) is 25.8 Å². The molecule has 0 unspecified atom stereocenters. The molecule has 0 radical (unpaired) electrons. The molecule has 31 heavy (non-hydrogen) atoms. The van der Waals surface area contributed by atoms with Crippen LogP contribution in [0.5, 0.6) is 0 Å². The Labute approximate surface area is 181 Å². The van der Waals surface area contributed by atoms with E-state index in [1.54, 1.807) is 6.92 Å². The van der Waals surface area contributed by atoms with Gasteiger partial charge in [0, 0.05) is 40.5 Å². The van der Waals surface area contributed by atoms with Crippen molar-refractivity contribution in [3.63, 3.8) is 0 Å². The van der Waals surface area contributed by atoms with Gasteiger partial charge in [-0.05, 0) is 50.1 Å². The molecule has 1 amide bonds. The third kappa shape index (κ3) is 4.45. The maximum Gasteiger partial charge on any atom is 0.306 e. The first-order valence-corrected chi connectivity index (χ1v) is 10.6. The van der Waals surface area contributed by atoms with Crippen LogP contribution >= 0.6 is 0 Å². The Kier molecular flexibility index (Phi) is 6.03. The van der Waals surface area contributed by atoms with E-state index in [2.05, 4.69) is 28.9 Å². The van der Waals surface area contributed by atoms with E-state index in [0.29, 0.717) is 12.1 Å². The summed E-state index contributed by atoms with van der Waals surface area (Å²) in [5.74, 6) is -0.723. The molecule has 0 saturated carbocycles. The zero-order valence-electron chi connectivity index (χ0n) is 17.8. The van der Waals surface area contributed by atoms with Crippen molar-refractivity contribution in [2.24, 2.45) is 0 Å². The van der Waals surface area contributed by atoms with E-state index in [4.69, 9.17) is 4.74 Å². The number of ether oxygens (including phenoxy) is 1. The quantitative estimate of drug-likeness (QED) is 0.417. The van der Waals surface area contributed by atoms with Crippen LogP contribution in [0.4, 0.5) is 5.69 Å². The number of amides is 1. The van der Waals surface area contributed by atoms with E-state index in [0.717, 1.165) is 28.4 Å². The van der Waals surface area contributed by atoms with Gasteiger partial charge in [-0.25, -0.2) is 0 Å². The molecular formula is C26H26N2O3. The topological polar surface area (TPSA) is 60.3 Å². The van der Waals surface area contributed by atoms with Crippen molar-refractivity contribution in [2.45, 2.75) is 39.3 Å². The maximum absolute atomic E-state index is 12.6. The van der Waals surface area contributed by atoms with Crippen molar-refractivity contribution >= 4 is 39.4 Å². The molecule has 0 spiro atoms. The fourth-order valence-electron chi connectivity index (χ4n) is 3.92. The van der Waals surface area contributed by atoms with Crippen molar-refractivity contribution < 1.29 is 14.3 Å². The summed E-state index contributed by atoms with van der Waals surface area (Å²) in [6, 6.07) is 23.9. The van der Waals surface area contributed by atoms with Crippen molar-refractivity contribution in [2.75, 3.05) is 5.32 Å². The van der Waals surface area contributed by atoms with Gasteiger partial charge in [-0.15, -0.1) is 0 Å². The summed E-state index contributed by atoms with van der Waals surface area (Å²) in [4.78, 5) is 24.7. The molecule has 3 aromatic carbocycles. The highest BCUT2D eigenvalue weighted by Crippen LogP contribution is 2.31. The molecule has 0 fully saturated rings. The molecule has 4 aromatic rings. The lowest BCUT2D eigenvalue weighted by molar-refractivity contribution is -0.153. The summed E-state index contributed by atoms with van der Waals surface area (Å²) in [7, 11) is 0. The largest absolute Gasteiger partial charge is 0.453 e. The van der Waals surface area contributed by atoms with E-state index in [1.165, 1.54) is 5.52 Å². The van der Waals surface area contributed by atoms with Gasteiger partial charge < -0.3 is 14.6 Å². The number of esters is 1. The van der Waals surface area contributed by atoms with E-state index in [-0.39, 0.29) is 18.3 Å². The van der Waals surface area contributed by atoms with E-state index in [1.807, 2.05) is 60.7 Å². The van der Waals surface area contributed by atoms with E-state index in [9.17, 15) is 9.59 Å². The van der Waals surface area contributed by atoms with Gasteiger partial charge in [0.1, 0.15) is 0 Å². The van der Waals surface area contributed by atoms with Gasteiger partial charge in [-0.1, -0.05) is 48.5 Å². The Morgan fingerprint density at radius 3 is 2.42 bits per heavy atom. The number of nitrogens with one attached hydrogen (secondary N) is 1. The highest BCUT2D eigenvalue weighted by Gasteiger charge is 2.18. The molecule has 4 rings (SSSR count). The third-order valence-corrected chi connectivity index (χ3v) is 5.49. The minimum atomic E-state index is -0.865. The highest BCUT2D eigenvalue weighted by atomic mass is 16.5. The summed E-state index contributed by atoms with van der Waals surface area (Å²) in [5.41, 5.74) is 4.05. The Bertz CT molecular complexity index is 1230. The Hall–Kier alpha value is -3.60. The minimum absolute atomic E-state index is 0.240. The molecule has 1 atom stereocenters. The van der Waals surface area contributed by atoms with Crippen LogP contribution in [0.3, 0.4) is 0 Å². The highest BCUT2D eigenvalue weighted by molar-refractivity contribution is 6.10. The first-order chi connectivity index (χ1) is 15.1. The lowest BCUT2D eigenvalue weighted by Gasteiger charge is -2.14. The number of nitrogens with zero attached hydrogens (tertiary/aromatic N) is 1. The number of para-hydroxylation sites is 1. The first kappa shape index (κ1) is 20.7. The number of hydrogen-bond acceptors (Lipinski definition) is 3. The average Bonchev–Trinajstić information content (AvgIpc) is 3.11. The van der Waals surface area contributed by atoms with Gasteiger partial charge in [0.25, 0.3) is 5.91 Å². The molecule has 5 heteroatoms. The second-order valence-electron chi connectivity index (χ2n) is 7.60. The smallest absolute Gasteiger partial charge is 0.306 e. The molecular weight excluding hydrogens is 388 g/mol. The van der Waals surface area contributed by atoms with Crippen LogP contribution in [0.15, 0.2) is 72.8 Å². The van der Waals surface area contributed by atoms with Crippen LogP contribution in [-0.2, 0) is 27.3 Å². The fraction of sp³-hybridized carbons (Fsp3) is 0.231. The molecule has 1 N–H and O–H groups in total. The van der Waals surface area contributed by atoms with Crippen LogP contribution in [0.2, 0.25) is 0 Å². The second kappa shape index (κ2) is 9.04. The molecule has 0 aliphatic carbocycles. The number of hydrogen-bond donors (Lipinski definition) is 1. The molecule has 158 valence electrons. The average molecular weight is 415 g/mol. The lowest BCUT2D eigenvalue weighted by Crippen LogP contribution is -2.30. The molecule has 0 bridgehead atoms. The number of aryl methyl sites for hydroxylation is 2. The van der Waals surface area contributed by atoms with Crippen LogP contribution < -0.4 is 5.32 Å². The van der Waals surface area contributed by atoms with E-state index < -0.39 is 6.10 Å². The standard InChI is InChI=1S/C26H26N2O3/c1-3-28-23-12-8-7-11-21(23)22-17-20(14-15-24(22)28)27-26(30)18(2)31-25(29)16-13-19-9-5-4-6-10-19/h4-12,14-15,17-18H,3,13,16H2,1-2H3,(H,27,30)/t18-/m1/s1. The summed E-state index contributed by atoms with van der Waals surface area (Å²) in [5, 5.41) is 5.11. The molecule has 0 aliphatic heterocycles. The SMILES string of the molecule is CCn1c2ccccc2c2cc(NC(=O)[C@@H](C)OC(=O)CCc3ccccc3)ccc21. The third-order valence-electron chi connectivity index (χ3n) is 5.49. The predicted octanol–water partition coefficient (Wildman–Crippen LogP) is 5.32. The van der Waals surface area contributed by atoms with Crippen molar-refractivity contribution in [3.8, 4) is 0 Å². The molecule has 1 heterocycles. The number of carbonyl (C=O) groups excluding carboxylic acids is 2.